The summed E-state index contributed by atoms with van der Waals surface area (Å²) in [5, 5.41) is 7.09. The number of carbonyl (C=O) groups is 1. The highest BCUT2D eigenvalue weighted by atomic mass is 16.5. The third-order valence-electron chi connectivity index (χ3n) is 4.01. The van der Waals surface area contributed by atoms with Gasteiger partial charge in [-0.1, -0.05) is 18.2 Å². The number of carbonyl (C=O) groups excluding carboxylic acids is 1. The first kappa shape index (κ1) is 17.7. The van der Waals surface area contributed by atoms with Gasteiger partial charge < -0.3 is 10.1 Å². The summed E-state index contributed by atoms with van der Waals surface area (Å²) < 4.78 is 7.38. The van der Waals surface area contributed by atoms with E-state index >= 15 is 0 Å². The van der Waals surface area contributed by atoms with Gasteiger partial charge in [0.2, 0.25) is 0 Å². The molecule has 1 N–H and O–H groups in total. The maximum atomic E-state index is 11.9. The average molecular weight is 349 g/mol. The lowest BCUT2D eigenvalue weighted by Gasteiger charge is -2.09. The minimum Gasteiger partial charge on any atom is -0.484 e. The van der Waals surface area contributed by atoms with Crippen LogP contribution in [0.2, 0.25) is 0 Å². The number of aromatic nitrogens is 2. The number of ether oxygens (including phenoxy) is 1. The average Bonchev–Trinajstić information content (AvgIpc) is 3.14. The van der Waals surface area contributed by atoms with Crippen molar-refractivity contribution in [3.8, 4) is 11.4 Å². The van der Waals surface area contributed by atoms with Gasteiger partial charge in [-0.2, -0.15) is 5.10 Å². The smallest absolute Gasteiger partial charge is 0.257 e. The minimum atomic E-state index is -0.114. The number of rotatable bonds is 7. The van der Waals surface area contributed by atoms with Crippen LogP contribution in [-0.4, -0.2) is 28.8 Å². The van der Waals surface area contributed by atoms with Crippen LogP contribution in [-0.2, 0) is 11.2 Å². The van der Waals surface area contributed by atoms with Gasteiger partial charge in [-0.15, -0.1) is 0 Å². The van der Waals surface area contributed by atoms with E-state index in [1.54, 1.807) is 6.20 Å². The summed E-state index contributed by atoms with van der Waals surface area (Å²) in [5.74, 6) is 0.615. The maximum absolute atomic E-state index is 11.9. The third-order valence-corrected chi connectivity index (χ3v) is 4.01. The van der Waals surface area contributed by atoms with Gasteiger partial charge in [0.05, 0.1) is 5.69 Å². The molecule has 1 amide bonds. The van der Waals surface area contributed by atoms with Gasteiger partial charge in [0.1, 0.15) is 5.75 Å². The van der Waals surface area contributed by atoms with E-state index < -0.39 is 0 Å². The van der Waals surface area contributed by atoms with Gasteiger partial charge in [-0.05, 0) is 67.3 Å². The first-order valence-corrected chi connectivity index (χ1v) is 8.67. The van der Waals surface area contributed by atoms with E-state index in [1.807, 2.05) is 55.1 Å². The Kier molecular flexibility index (Phi) is 5.69. The predicted octanol–water partition coefficient (Wildman–Crippen LogP) is 3.23. The molecular formula is C21H23N3O2. The first-order chi connectivity index (χ1) is 12.6. The van der Waals surface area contributed by atoms with Crippen molar-refractivity contribution in [1.82, 2.24) is 15.1 Å². The lowest BCUT2D eigenvalue weighted by molar-refractivity contribution is -0.123. The summed E-state index contributed by atoms with van der Waals surface area (Å²) in [4.78, 5) is 11.9. The van der Waals surface area contributed by atoms with Gasteiger partial charge in [0.25, 0.3) is 5.91 Å². The lowest BCUT2D eigenvalue weighted by atomic mass is 10.1. The molecule has 1 heterocycles. The largest absolute Gasteiger partial charge is 0.484 e. The van der Waals surface area contributed by atoms with Crippen LogP contribution in [0, 0.1) is 13.8 Å². The molecule has 0 radical (unpaired) electrons. The Hall–Kier alpha value is -3.08. The van der Waals surface area contributed by atoms with E-state index in [0.29, 0.717) is 6.54 Å². The van der Waals surface area contributed by atoms with Crippen LogP contribution in [0.5, 0.6) is 5.75 Å². The molecule has 0 aliphatic heterocycles. The minimum absolute atomic E-state index is 0.0289. The second-order valence-corrected chi connectivity index (χ2v) is 6.33. The number of aryl methyl sites for hydroxylation is 2. The highest BCUT2D eigenvalue weighted by molar-refractivity contribution is 5.77. The van der Waals surface area contributed by atoms with E-state index in [1.165, 1.54) is 0 Å². The van der Waals surface area contributed by atoms with Crippen molar-refractivity contribution in [3.05, 3.63) is 77.6 Å². The van der Waals surface area contributed by atoms with E-state index in [0.717, 1.165) is 34.5 Å². The summed E-state index contributed by atoms with van der Waals surface area (Å²) in [5.41, 5.74) is 4.43. The van der Waals surface area contributed by atoms with Crippen LogP contribution in [0.4, 0.5) is 0 Å². The van der Waals surface area contributed by atoms with Crippen LogP contribution in [0.25, 0.3) is 5.69 Å². The highest BCUT2D eigenvalue weighted by Gasteiger charge is 2.04. The maximum Gasteiger partial charge on any atom is 0.257 e. The molecule has 3 rings (SSSR count). The molecule has 26 heavy (non-hydrogen) atoms. The highest BCUT2D eigenvalue weighted by Crippen LogP contribution is 2.16. The molecule has 0 atom stereocenters. The molecule has 3 aromatic rings. The van der Waals surface area contributed by atoms with Crippen LogP contribution in [0.1, 0.15) is 16.7 Å². The Balaban J connectivity index is 1.42. The number of nitrogens with zero attached hydrogens (tertiary/aromatic N) is 2. The molecular weight excluding hydrogens is 326 g/mol. The Morgan fingerprint density at radius 2 is 1.85 bits per heavy atom. The van der Waals surface area contributed by atoms with Gasteiger partial charge in [0, 0.05) is 18.9 Å². The first-order valence-electron chi connectivity index (χ1n) is 8.67. The van der Waals surface area contributed by atoms with Gasteiger partial charge in [-0.3, -0.25) is 4.79 Å². The third kappa shape index (κ3) is 4.96. The zero-order valence-electron chi connectivity index (χ0n) is 15.1. The molecule has 5 nitrogen and oxygen atoms in total. The summed E-state index contributed by atoms with van der Waals surface area (Å²) in [7, 11) is 0. The number of nitrogens with one attached hydrogen (secondary N) is 1. The van der Waals surface area contributed by atoms with Crippen LogP contribution in [0.3, 0.4) is 0 Å². The molecule has 0 saturated heterocycles. The van der Waals surface area contributed by atoms with E-state index in [-0.39, 0.29) is 12.5 Å². The molecule has 0 saturated carbocycles. The van der Waals surface area contributed by atoms with Gasteiger partial charge in [0.15, 0.2) is 6.61 Å². The molecule has 0 bridgehead atoms. The standard InChI is InChI=1S/C21H23N3O2/c1-16-12-17(2)14-20(13-16)26-15-21(25)22-10-8-18-4-6-19(7-5-18)24-11-3-9-23-24/h3-7,9,11-14H,8,10,15H2,1-2H3,(H,22,25). The Morgan fingerprint density at radius 1 is 1.12 bits per heavy atom. The summed E-state index contributed by atoms with van der Waals surface area (Å²) in [6, 6.07) is 16.0. The van der Waals surface area contributed by atoms with Crippen molar-refractivity contribution in [3.63, 3.8) is 0 Å². The summed E-state index contributed by atoms with van der Waals surface area (Å²) in [6.07, 6.45) is 4.43. The zero-order valence-corrected chi connectivity index (χ0v) is 15.1. The lowest BCUT2D eigenvalue weighted by Crippen LogP contribution is -2.30. The fourth-order valence-corrected chi connectivity index (χ4v) is 2.80. The molecule has 2 aromatic carbocycles. The second kappa shape index (κ2) is 8.34. The van der Waals surface area contributed by atoms with E-state index in [9.17, 15) is 4.79 Å². The predicted molar refractivity (Wildman–Crippen MR) is 102 cm³/mol. The quantitative estimate of drug-likeness (QED) is 0.712. The monoisotopic (exact) mass is 349 g/mol. The zero-order chi connectivity index (χ0) is 18.4. The fraction of sp³-hybridized carbons (Fsp3) is 0.238. The summed E-state index contributed by atoms with van der Waals surface area (Å²) in [6.45, 7) is 4.63. The normalized spacial score (nSPS) is 10.5. The van der Waals surface area contributed by atoms with Crippen molar-refractivity contribution in [2.24, 2.45) is 0 Å². The molecule has 0 spiro atoms. The van der Waals surface area contributed by atoms with Crippen LogP contribution in [0.15, 0.2) is 60.9 Å². The number of hydrogen-bond donors (Lipinski definition) is 1. The topological polar surface area (TPSA) is 56.1 Å². The van der Waals surface area contributed by atoms with Gasteiger partial charge >= 0.3 is 0 Å². The van der Waals surface area contributed by atoms with Crippen LogP contribution < -0.4 is 10.1 Å². The number of benzene rings is 2. The molecule has 1 aromatic heterocycles. The number of hydrogen-bond acceptors (Lipinski definition) is 3. The Bertz CT molecular complexity index is 835. The van der Waals surface area contributed by atoms with Crippen molar-refractivity contribution < 1.29 is 9.53 Å². The van der Waals surface area contributed by atoms with E-state index in [2.05, 4.69) is 28.6 Å². The van der Waals surface area contributed by atoms with Crippen molar-refractivity contribution >= 4 is 5.91 Å². The summed E-state index contributed by atoms with van der Waals surface area (Å²) >= 11 is 0. The van der Waals surface area contributed by atoms with Crippen LogP contribution >= 0.6 is 0 Å². The van der Waals surface area contributed by atoms with E-state index in [4.69, 9.17) is 4.74 Å². The SMILES string of the molecule is Cc1cc(C)cc(OCC(=O)NCCc2ccc(-n3cccn3)cc2)c1. The van der Waals surface area contributed by atoms with Crippen molar-refractivity contribution in [2.75, 3.05) is 13.2 Å². The van der Waals surface area contributed by atoms with Crippen molar-refractivity contribution in [2.45, 2.75) is 20.3 Å². The van der Waals surface area contributed by atoms with Crippen molar-refractivity contribution in [1.29, 1.82) is 0 Å². The number of amides is 1. The fourth-order valence-electron chi connectivity index (χ4n) is 2.80. The molecule has 0 fully saturated rings. The second-order valence-electron chi connectivity index (χ2n) is 6.33. The molecule has 0 aliphatic carbocycles. The van der Waals surface area contributed by atoms with Gasteiger partial charge in [-0.25, -0.2) is 4.68 Å². The molecule has 0 aliphatic rings. The Morgan fingerprint density at radius 3 is 2.50 bits per heavy atom. The molecule has 134 valence electrons. The molecule has 5 heteroatoms. The Labute approximate surface area is 153 Å². The molecule has 0 unspecified atom stereocenters.